The van der Waals surface area contributed by atoms with Gasteiger partial charge in [0.25, 0.3) is 5.91 Å². The number of carbonyl (C=O) groups excluding carboxylic acids is 2. The van der Waals surface area contributed by atoms with E-state index in [1.165, 1.54) is 5.56 Å². The number of benzene rings is 2. The monoisotopic (exact) mass is 419 g/mol. The first-order valence-corrected chi connectivity index (χ1v) is 9.22. The Bertz CT molecular complexity index is 804. The van der Waals surface area contributed by atoms with Crippen LogP contribution in [0.2, 0.25) is 0 Å². The zero-order valence-corrected chi connectivity index (χ0v) is 16.7. The van der Waals surface area contributed by atoms with Gasteiger partial charge in [-0.1, -0.05) is 19.1 Å². The maximum absolute atomic E-state index is 12.2. The second-order valence-electron chi connectivity index (χ2n) is 5.71. The van der Waals surface area contributed by atoms with Gasteiger partial charge in [-0.25, -0.2) is 4.79 Å². The summed E-state index contributed by atoms with van der Waals surface area (Å²) in [6.07, 6.45) is 0.926. The first kappa shape index (κ1) is 20.0. The molecule has 0 spiro atoms. The van der Waals surface area contributed by atoms with E-state index >= 15 is 0 Å². The fraction of sp³-hybridized carbons (Fsp3) is 0.300. The number of carbonyl (C=O) groups is 2. The molecule has 1 amide bonds. The first-order valence-electron chi connectivity index (χ1n) is 8.43. The zero-order valence-electron chi connectivity index (χ0n) is 15.1. The Labute approximate surface area is 161 Å². The van der Waals surface area contributed by atoms with Crippen LogP contribution in [0.15, 0.2) is 40.9 Å². The van der Waals surface area contributed by atoms with Crippen LogP contribution in [0.1, 0.15) is 35.3 Å². The summed E-state index contributed by atoms with van der Waals surface area (Å²) in [4.78, 5) is 24.0. The Morgan fingerprint density at radius 1 is 1.12 bits per heavy atom. The summed E-state index contributed by atoms with van der Waals surface area (Å²) in [6.45, 7) is 5.84. The van der Waals surface area contributed by atoms with E-state index in [9.17, 15) is 9.59 Å². The third kappa shape index (κ3) is 5.33. The van der Waals surface area contributed by atoms with E-state index in [4.69, 9.17) is 9.47 Å². The Morgan fingerprint density at radius 3 is 2.54 bits per heavy atom. The van der Waals surface area contributed by atoms with Gasteiger partial charge in [-0.05, 0) is 71.6 Å². The van der Waals surface area contributed by atoms with E-state index in [0.717, 1.165) is 16.5 Å². The van der Waals surface area contributed by atoms with E-state index in [-0.39, 0.29) is 12.5 Å². The summed E-state index contributed by atoms with van der Waals surface area (Å²) in [6, 6.07) is 10.8. The van der Waals surface area contributed by atoms with Crippen molar-refractivity contribution in [1.29, 1.82) is 0 Å². The Kier molecular flexibility index (Phi) is 7.21. The number of hydrogen-bond donors (Lipinski definition) is 1. The molecule has 0 aliphatic carbocycles. The third-order valence-electron chi connectivity index (χ3n) is 3.79. The van der Waals surface area contributed by atoms with Crippen molar-refractivity contribution in [3.05, 3.63) is 57.6 Å². The van der Waals surface area contributed by atoms with Crippen molar-refractivity contribution < 1.29 is 19.1 Å². The van der Waals surface area contributed by atoms with Crippen LogP contribution < -0.4 is 10.1 Å². The molecule has 0 bridgehead atoms. The second kappa shape index (κ2) is 9.38. The van der Waals surface area contributed by atoms with Crippen LogP contribution in [0.5, 0.6) is 5.75 Å². The van der Waals surface area contributed by atoms with Crippen molar-refractivity contribution >= 4 is 33.5 Å². The topological polar surface area (TPSA) is 64.6 Å². The SMILES string of the molecule is CCOC(=O)c1ccc(C)c(NC(=O)COc2ccc(CC)cc2Br)c1. The van der Waals surface area contributed by atoms with Crippen LogP contribution in [0.3, 0.4) is 0 Å². The van der Waals surface area contributed by atoms with Gasteiger partial charge in [0.1, 0.15) is 5.75 Å². The van der Waals surface area contributed by atoms with Gasteiger partial charge in [-0.3, -0.25) is 4.79 Å². The summed E-state index contributed by atoms with van der Waals surface area (Å²) in [5.41, 5.74) is 2.98. The van der Waals surface area contributed by atoms with Crippen molar-refractivity contribution in [3.8, 4) is 5.75 Å². The highest BCUT2D eigenvalue weighted by Crippen LogP contribution is 2.26. The first-order chi connectivity index (χ1) is 12.4. The maximum atomic E-state index is 12.2. The fourth-order valence-electron chi connectivity index (χ4n) is 2.31. The standard InChI is InChI=1S/C20H22BrNO4/c1-4-14-7-9-18(16(21)10-14)26-12-19(23)22-17-11-15(8-6-13(17)3)20(24)25-5-2/h6-11H,4-5,12H2,1-3H3,(H,22,23). The molecule has 138 valence electrons. The number of ether oxygens (including phenoxy) is 2. The molecule has 26 heavy (non-hydrogen) atoms. The number of anilines is 1. The molecule has 1 N–H and O–H groups in total. The molecule has 2 rings (SSSR count). The number of halogens is 1. The van der Waals surface area contributed by atoms with Crippen molar-refractivity contribution in [3.63, 3.8) is 0 Å². The smallest absolute Gasteiger partial charge is 0.338 e. The molecule has 0 aliphatic rings. The lowest BCUT2D eigenvalue weighted by Crippen LogP contribution is -2.21. The highest BCUT2D eigenvalue weighted by molar-refractivity contribution is 9.10. The Morgan fingerprint density at radius 2 is 1.88 bits per heavy atom. The van der Waals surface area contributed by atoms with Crippen LogP contribution in [0.25, 0.3) is 0 Å². The van der Waals surface area contributed by atoms with Crippen molar-refractivity contribution in [1.82, 2.24) is 0 Å². The summed E-state index contributed by atoms with van der Waals surface area (Å²) in [5.74, 6) is -0.117. The van der Waals surface area contributed by atoms with Crippen LogP contribution >= 0.6 is 15.9 Å². The minimum atomic E-state index is -0.417. The quantitative estimate of drug-likeness (QED) is 0.670. The van der Waals surface area contributed by atoms with Gasteiger partial charge in [0.05, 0.1) is 16.6 Å². The minimum Gasteiger partial charge on any atom is -0.483 e. The van der Waals surface area contributed by atoms with Gasteiger partial charge >= 0.3 is 5.97 Å². The molecular weight excluding hydrogens is 398 g/mol. The number of esters is 1. The van der Waals surface area contributed by atoms with Gasteiger partial charge in [-0.15, -0.1) is 0 Å². The molecule has 0 heterocycles. The van der Waals surface area contributed by atoms with Gasteiger partial charge < -0.3 is 14.8 Å². The predicted octanol–water partition coefficient (Wildman–Crippen LogP) is 4.51. The lowest BCUT2D eigenvalue weighted by atomic mass is 10.1. The Hall–Kier alpha value is -2.34. The number of aryl methyl sites for hydroxylation is 2. The second-order valence-corrected chi connectivity index (χ2v) is 6.56. The molecule has 0 unspecified atom stereocenters. The average Bonchev–Trinajstić information content (AvgIpc) is 2.62. The molecule has 0 fully saturated rings. The molecule has 0 radical (unpaired) electrons. The van der Waals surface area contributed by atoms with Crippen LogP contribution in [0.4, 0.5) is 5.69 Å². The van der Waals surface area contributed by atoms with Gasteiger partial charge in [0.2, 0.25) is 0 Å². The average molecular weight is 420 g/mol. The summed E-state index contributed by atoms with van der Waals surface area (Å²) in [7, 11) is 0. The fourth-order valence-corrected chi connectivity index (χ4v) is 2.85. The third-order valence-corrected chi connectivity index (χ3v) is 4.41. The lowest BCUT2D eigenvalue weighted by Gasteiger charge is -2.12. The van der Waals surface area contributed by atoms with Crippen LogP contribution in [-0.4, -0.2) is 25.1 Å². The van der Waals surface area contributed by atoms with Crippen LogP contribution in [0, 0.1) is 6.92 Å². The predicted molar refractivity (Wildman–Crippen MR) is 105 cm³/mol. The van der Waals surface area contributed by atoms with Gasteiger partial charge in [0, 0.05) is 5.69 Å². The normalized spacial score (nSPS) is 10.3. The molecular formula is C20H22BrNO4. The van der Waals surface area contributed by atoms with E-state index in [0.29, 0.717) is 23.6 Å². The number of rotatable bonds is 7. The highest BCUT2D eigenvalue weighted by atomic mass is 79.9. The molecule has 6 heteroatoms. The van der Waals surface area contributed by atoms with Gasteiger partial charge in [0.15, 0.2) is 6.61 Å². The summed E-state index contributed by atoms with van der Waals surface area (Å²) in [5, 5.41) is 2.77. The maximum Gasteiger partial charge on any atom is 0.338 e. The summed E-state index contributed by atoms with van der Waals surface area (Å²) < 4.78 is 11.4. The summed E-state index contributed by atoms with van der Waals surface area (Å²) >= 11 is 3.45. The zero-order chi connectivity index (χ0) is 19.1. The Balaban J connectivity index is 2.01. The van der Waals surface area contributed by atoms with E-state index in [1.807, 2.05) is 25.1 Å². The van der Waals surface area contributed by atoms with Crippen molar-refractivity contribution in [2.45, 2.75) is 27.2 Å². The minimum absolute atomic E-state index is 0.132. The number of amides is 1. The van der Waals surface area contributed by atoms with E-state index in [1.54, 1.807) is 25.1 Å². The molecule has 0 saturated heterocycles. The molecule has 5 nitrogen and oxygen atoms in total. The largest absolute Gasteiger partial charge is 0.483 e. The van der Waals surface area contributed by atoms with E-state index < -0.39 is 5.97 Å². The molecule has 0 atom stereocenters. The number of hydrogen-bond acceptors (Lipinski definition) is 4. The molecule has 0 saturated carbocycles. The van der Waals surface area contributed by atoms with Crippen molar-refractivity contribution in [2.24, 2.45) is 0 Å². The molecule has 0 aromatic heterocycles. The lowest BCUT2D eigenvalue weighted by molar-refractivity contribution is -0.118. The van der Waals surface area contributed by atoms with Crippen LogP contribution in [-0.2, 0) is 16.0 Å². The van der Waals surface area contributed by atoms with Crippen molar-refractivity contribution in [2.75, 3.05) is 18.5 Å². The molecule has 2 aromatic carbocycles. The highest BCUT2D eigenvalue weighted by Gasteiger charge is 2.12. The van der Waals surface area contributed by atoms with E-state index in [2.05, 4.69) is 28.2 Å². The van der Waals surface area contributed by atoms with Gasteiger partial charge in [-0.2, -0.15) is 0 Å². The molecule has 0 aliphatic heterocycles. The molecule has 2 aromatic rings. The number of nitrogens with one attached hydrogen (secondary N) is 1.